The van der Waals surface area contributed by atoms with Crippen molar-refractivity contribution >= 4 is 23.8 Å². The van der Waals surface area contributed by atoms with Crippen LogP contribution in [0.2, 0.25) is 0 Å². The highest BCUT2D eigenvalue weighted by atomic mass is 32.1. The van der Waals surface area contributed by atoms with Crippen LogP contribution in [0, 0.1) is 0 Å². The lowest BCUT2D eigenvalue weighted by Gasteiger charge is -2.18. The van der Waals surface area contributed by atoms with Gasteiger partial charge in [-0.05, 0) is 18.4 Å². The second kappa shape index (κ2) is 7.76. The van der Waals surface area contributed by atoms with E-state index < -0.39 is 0 Å². The molecule has 1 rings (SSSR count). The summed E-state index contributed by atoms with van der Waals surface area (Å²) in [6.45, 7) is 0. The summed E-state index contributed by atoms with van der Waals surface area (Å²) < 4.78 is 0. The third-order valence-electron chi connectivity index (χ3n) is 2.59. The van der Waals surface area contributed by atoms with Gasteiger partial charge in [-0.25, -0.2) is 4.79 Å². The number of benzene rings is 1. The van der Waals surface area contributed by atoms with Gasteiger partial charge in [0.1, 0.15) is 0 Å². The fourth-order valence-corrected chi connectivity index (χ4v) is 1.81. The van der Waals surface area contributed by atoms with E-state index in [1.807, 2.05) is 30.3 Å². The summed E-state index contributed by atoms with van der Waals surface area (Å²) in [5.41, 5.74) is 1.13. The number of nitrogens with one attached hydrogen (secondary N) is 2. The molecule has 4 nitrogen and oxygen atoms in total. The van der Waals surface area contributed by atoms with E-state index in [9.17, 15) is 9.59 Å². The van der Waals surface area contributed by atoms with Crippen LogP contribution in [0.15, 0.2) is 30.3 Å². The molecule has 2 N–H and O–H groups in total. The van der Waals surface area contributed by atoms with Crippen LogP contribution >= 0.6 is 12.6 Å². The van der Waals surface area contributed by atoms with E-state index >= 15 is 0 Å². The number of urea groups is 1. The first kappa shape index (κ1) is 14.6. The van der Waals surface area contributed by atoms with Gasteiger partial charge in [-0.1, -0.05) is 30.3 Å². The van der Waals surface area contributed by atoms with Crippen molar-refractivity contribution in [3.63, 3.8) is 0 Å². The van der Waals surface area contributed by atoms with E-state index in [1.54, 1.807) is 7.05 Å². The minimum Gasteiger partial charge on any atom is -0.341 e. The summed E-state index contributed by atoms with van der Waals surface area (Å²) in [6, 6.07) is 9.56. The van der Waals surface area contributed by atoms with Crippen LogP contribution in [0.4, 0.5) is 4.79 Å². The summed E-state index contributed by atoms with van der Waals surface area (Å²) in [7, 11) is 1.57. The van der Waals surface area contributed by atoms with Crippen LogP contribution in [0.25, 0.3) is 0 Å². The van der Waals surface area contributed by atoms with Crippen molar-refractivity contribution in [1.82, 2.24) is 10.6 Å². The van der Waals surface area contributed by atoms with Gasteiger partial charge in [0.05, 0.1) is 0 Å². The first-order valence-electron chi connectivity index (χ1n) is 5.85. The van der Waals surface area contributed by atoms with E-state index in [2.05, 4.69) is 23.3 Å². The molecule has 98 valence electrons. The normalized spacial score (nSPS) is 11.7. The number of amides is 2. The minimum atomic E-state index is -0.234. The first-order chi connectivity index (χ1) is 8.61. The number of thiol groups is 1. The fourth-order valence-electron chi connectivity index (χ4n) is 1.68. The summed E-state index contributed by atoms with van der Waals surface area (Å²) in [6.07, 6.45) is 1.64. The van der Waals surface area contributed by atoms with Crippen molar-refractivity contribution in [3.05, 3.63) is 35.9 Å². The predicted molar refractivity (Wildman–Crippen MR) is 74.8 cm³/mol. The Hall–Kier alpha value is -1.49. The fraction of sp³-hybridized carbons (Fsp3) is 0.385. The van der Waals surface area contributed by atoms with E-state index in [1.165, 1.54) is 0 Å². The van der Waals surface area contributed by atoms with Crippen LogP contribution < -0.4 is 10.6 Å². The lowest BCUT2D eigenvalue weighted by Crippen LogP contribution is -2.41. The Morgan fingerprint density at radius 2 is 1.94 bits per heavy atom. The highest BCUT2D eigenvalue weighted by Crippen LogP contribution is 2.08. The minimum absolute atomic E-state index is 0.0663. The summed E-state index contributed by atoms with van der Waals surface area (Å²) in [5.74, 6) is 0. The maximum atomic E-state index is 11.3. The number of carbonyl (C=O) groups excluding carboxylic acids is 2. The van der Waals surface area contributed by atoms with Gasteiger partial charge in [0.25, 0.3) is 0 Å². The van der Waals surface area contributed by atoms with E-state index in [-0.39, 0.29) is 17.2 Å². The topological polar surface area (TPSA) is 58.2 Å². The predicted octanol–water partition coefficient (Wildman–Crippen LogP) is 1.76. The molecule has 0 bridgehead atoms. The molecule has 1 aromatic rings. The molecule has 0 aliphatic carbocycles. The summed E-state index contributed by atoms with van der Waals surface area (Å²) >= 11 is 3.75. The molecule has 0 aromatic heterocycles. The highest BCUT2D eigenvalue weighted by molar-refractivity contribution is 7.96. The zero-order valence-electron chi connectivity index (χ0n) is 10.3. The molecule has 0 heterocycles. The molecule has 1 atom stereocenters. The van der Waals surface area contributed by atoms with Gasteiger partial charge < -0.3 is 10.6 Å². The van der Waals surface area contributed by atoms with Gasteiger partial charge in [-0.2, -0.15) is 0 Å². The zero-order chi connectivity index (χ0) is 13.4. The molecule has 0 aliphatic rings. The van der Waals surface area contributed by atoms with Crippen LogP contribution in [-0.2, 0) is 11.2 Å². The van der Waals surface area contributed by atoms with Crippen molar-refractivity contribution in [1.29, 1.82) is 0 Å². The molecule has 5 heteroatoms. The Kier molecular flexibility index (Phi) is 6.28. The lowest BCUT2D eigenvalue weighted by molar-refractivity contribution is -0.111. The molecule has 18 heavy (non-hydrogen) atoms. The second-order valence-electron chi connectivity index (χ2n) is 4.04. The Balaban J connectivity index is 2.58. The maximum absolute atomic E-state index is 11.3. The van der Waals surface area contributed by atoms with E-state index in [4.69, 9.17) is 0 Å². The molecule has 0 saturated carbocycles. The summed E-state index contributed by atoms with van der Waals surface area (Å²) in [5, 5.41) is 5.19. The van der Waals surface area contributed by atoms with E-state index in [0.29, 0.717) is 19.3 Å². The van der Waals surface area contributed by atoms with Crippen molar-refractivity contribution in [3.8, 4) is 0 Å². The van der Waals surface area contributed by atoms with Crippen molar-refractivity contribution < 1.29 is 9.59 Å². The smallest absolute Gasteiger partial charge is 0.314 e. The monoisotopic (exact) mass is 266 g/mol. The van der Waals surface area contributed by atoms with Gasteiger partial charge >= 0.3 is 6.03 Å². The van der Waals surface area contributed by atoms with Crippen molar-refractivity contribution in [2.24, 2.45) is 0 Å². The molecule has 1 unspecified atom stereocenters. The average Bonchev–Trinajstić information content (AvgIpc) is 2.37. The third kappa shape index (κ3) is 5.72. The van der Waals surface area contributed by atoms with Gasteiger partial charge in [0.2, 0.25) is 0 Å². The van der Waals surface area contributed by atoms with Crippen LogP contribution in [-0.4, -0.2) is 24.2 Å². The molecule has 1 aromatic carbocycles. The molecule has 2 amide bonds. The Labute approximate surface area is 113 Å². The van der Waals surface area contributed by atoms with Gasteiger partial charge in [0, 0.05) is 19.5 Å². The molecule has 0 spiro atoms. The molecule has 0 saturated heterocycles. The third-order valence-corrected chi connectivity index (χ3v) is 2.82. The SMILES string of the molecule is CNC(=O)NC(CCC(=O)S)Cc1ccccc1. The lowest BCUT2D eigenvalue weighted by atomic mass is 10.0. The standard InChI is InChI=1S/C13H18N2O2S/c1-14-13(17)15-11(7-8-12(16)18)9-10-5-3-2-4-6-10/h2-6,11H,7-9H2,1H3,(H,16,18)(H2,14,15,17). The number of hydrogen-bond acceptors (Lipinski definition) is 2. The Bertz CT molecular complexity index is 395. The van der Waals surface area contributed by atoms with Crippen LogP contribution in [0.3, 0.4) is 0 Å². The largest absolute Gasteiger partial charge is 0.341 e. The van der Waals surface area contributed by atoms with Gasteiger partial charge in [-0.15, -0.1) is 12.6 Å². The summed E-state index contributed by atoms with van der Waals surface area (Å²) in [4.78, 5) is 22.2. The van der Waals surface area contributed by atoms with Crippen LogP contribution in [0.5, 0.6) is 0 Å². The van der Waals surface area contributed by atoms with Crippen molar-refractivity contribution in [2.45, 2.75) is 25.3 Å². The van der Waals surface area contributed by atoms with Gasteiger partial charge in [0.15, 0.2) is 5.12 Å². The number of hydrogen-bond donors (Lipinski definition) is 3. The number of carbonyl (C=O) groups is 2. The van der Waals surface area contributed by atoms with Crippen LogP contribution in [0.1, 0.15) is 18.4 Å². The molecule has 0 fully saturated rings. The van der Waals surface area contributed by atoms with E-state index in [0.717, 1.165) is 5.56 Å². The Morgan fingerprint density at radius 1 is 1.28 bits per heavy atom. The highest BCUT2D eigenvalue weighted by Gasteiger charge is 2.13. The maximum Gasteiger partial charge on any atom is 0.314 e. The van der Waals surface area contributed by atoms with Gasteiger partial charge in [-0.3, -0.25) is 4.79 Å². The Morgan fingerprint density at radius 3 is 2.50 bits per heavy atom. The molecule has 0 aliphatic heterocycles. The zero-order valence-corrected chi connectivity index (χ0v) is 11.2. The first-order valence-corrected chi connectivity index (χ1v) is 6.30. The molecular formula is C13H18N2O2S. The molecular weight excluding hydrogens is 248 g/mol. The molecule has 0 radical (unpaired) electrons. The average molecular weight is 266 g/mol. The number of rotatable bonds is 6. The second-order valence-corrected chi connectivity index (χ2v) is 4.54. The quantitative estimate of drug-likeness (QED) is 0.687. The van der Waals surface area contributed by atoms with Crippen molar-refractivity contribution in [2.75, 3.05) is 7.05 Å².